The van der Waals surface area contributed by atoms with Gasteiger partial charge in [-0.1, -0.05) is 147 Å². The molecule has 1 aliphatic rings. The van der Waals surface area contributed by atoms with Gasteiger partial charge >= 0.3 is 0 Å². The molecule has 0 unspecified atom stereocenters. The van der Waals surface area contributed by atoms with Gasteiger partial charge in [0, 0.05) is 33.1 Å². The van der Waals surface area contributed by atoms with Crippen LogP contribution in [0.5, 0.6) is 0 Å². The average molecular weight is 628 g/mol. The Hall–Kier alpha value is -6.12. The number of rotatable bonds is 4. The first kappa shape index (κ1) is 27.9. The van der Waals surface area contributed by atoms with Gasteiger partial charge < -0.3 is 9.32 Å². The van der Waals surface area contributed by atoms with Gasteiger partial charge in [0.25, 0.3) is 0 Å². The second-order valence-corrected chi connectivity index (χ2v) is 13.7. The highest BCUT2D eigenvalue weighted by molar-refractivity contribution is 6.14. The molecule has 1 heterocycles. The maximum absolute atomic E-state index is 6.90. The van der Waals surface area contributed by atoms with E-state index >= 15 is 0 Å². The molecule has 0 bridgehead atoms. The number of para-hydroxylation sites is 3. The van der Waals surface area contributed by atoms with Crippen molar-refractivity contribution in [2.75, 3.05) is 4.90 Å². The quantitative estimate of drug-likeness (QED) is 0.193. The highest BCUT2D eigenvalue weighted by Gasteiger charge is 2.38. The molecule has 9 aromatic rings. The highest BCUT2D eigenvalue weighted by atomic mass is 16.3. The molecule has 0 spiro atoms. The van der Waals surface area contributed by atoms with Gasteiger partial charge in [-0.15, -0.1) is 0 Å². The zero-order chi connectivity index (χ0) is 32.7. The lowest BCUT2D eigenvalue weighted by molar-refractivity contribution is 0.670. The normalized spacial score (nSPS) is 13.3. The summed E-state index contributed by atoms with van der Waals surface area (Å²) in [6.45, 7) is 4.78. The lowest BCUT2D eigenvalue weighted by Crippen LogP contribution is -2.16. The van der Waals surface area contributed by atoms with Crippen LogP contribution in [0.4, 0.5) is 17.1 Å². The molecule has 232 valence electrons. The Kier molecular flexibility index (Phi) is 5.95. The predicted molar refractivity (Wildman–Crippen MR) is 206 cm³/mol. The van der Waals surface area contributed by atoms with E-state index in [9.17, 15) is 0 Å². The first-order valence-electron chi connectivity index (χ1n) is 17.0. The molecule has 2 heteroatoms. The molecule has 0 atom stereocenters. The van der Waals surface area contributed by atoms with Gasteiger partial charge in [0.05, 0.1) is 5.69 Å². The molecule has 1 aromatic heterocycles. The monoisotopic (exact) mass is 627 g/mol. The molecule has 49 heavy (non-hydrogen) atoms. The van der Waals surface area contributed by atoms with Crippen LogP contribution in [-0.2, 0) is 5.41 Å². The molecule has 0 amide bonds. The van der Waals surface area contributed by atoms with Gasteiger partial charge in [-0.3, -0.25) is 0 Å². The third-order valence-electron chi connectivity index (χ3n) is 10.6. The molecule has 2 nitrogen and oxygen atoms in total. The summed E-state index contributed by atoms with van der Waals surface area (Å²) >= 11 is 0. The smallest absolute Gasteiger partial charge is 0.159 e. The topological polar surface area (TPSA) is 16.4 Å². The first-order valence-corrected chi connectivity index (χ1v) is 17.0. The minimum absolute atomic E-state index is 0.137. The van der Waals surface area contributed by atoms with Gasteiger partial charge in [0.2, 0.25) is 0 Å². The number of anilines is 3. The molecule has 0 saturated carbocycles. The largest absolute Gasteiger partial charge is 0.453 e. The van der Waals surface area contributed by atoms with Crippen LogP contribution in [0.15, 0.2) is 168 Å². The van der Waals surface area contributed by atoms with Gasteiger partial charge in [0.15, 0.2) is 5.58 Å². The molecule has 0 saturated heterocycles. The third-order valence-corrected chi connectivity index (χ3v) is 10.6. The Morgan fingerprint density at radius 1 is 0.429 bits per heavy atom. The maximum atomic E-state index is 6.90. The molecule has 1 aliphatic carbocycles. The Morgan fingerprint density at radius 3 is 1.82 bits per heavy atom. The fraction of sp³-hybridized carbons (Fsp3) is 0.0638. The van der Waals surface area contributed by atoms with Crippen LogP contribution < -0.4 is 4.90 Å². The molecule has 0 radical (unpaired) electrons. The third kappa shape index (κ3) is 4.07. The van der Waals surface area contributed by atoms with E-state index in [1.165, 1.54) is 43.8 Å². The predicted octanol–water partition coefficient (Wildman–Crippen LogP) is 13.3. The lowest BCUT2D eigenvalue weighted by Gasteiger charge is -2.27. The van der Waals surface area contributed by atoms with Crippen molar-refractivity contribution in [1.82, 2.24) is 0 Å². The molecular formula is C47H33NO. The minimum atomic E-state index is -0.137. The van der Waals surface area contributed by atoms with Crippen molar-refractivity contribution in [2.45, 2.75) is 19.3 Å². The fourth-order valence-corrected chi connectivity index (χ4v) is 8.48. The van der Waals surface area contributed by atoms with E-state index in [1.54, 1.807) is 0 Å². The lowest BCUT2D eigenvalue weighted by atomic mass is 9.78. The van der Waals surface area contributed by atoms with Crippen LogP contribution >= 0.6 is 0 Å². The number of furan rings is 1. The van der Waals surface area contributed by atoms with Crippen LogP contribution in [0.2, 0.25) is 0 Å². The van der Waals surface area contributed by atoms with E-state index in [1.807, 2.05) is 0 Å². The number of benzene rings is 8. The fourth-order valence-electron chi connectivity index (χ4n) is 8.48. The van der Waals surface area contributed by atoms with E-state index in [0.717, 1.165) is 50.1 Å². The van der Waals surface area contributed by atoms with Crippen molar-refractivity contribution in [3.8, 4) is 22.3 Å². The van der Waals surface area contributed by atoms with Crippen molar-refractivity contribution in [3.05, 3.63) is 175 Å². The van der Waals surface area contributed by atoms with Gasteiger partial charge in [-0.05, 0) is 79.7 Å². The van der Waals surface area contributed by atoms with Crippen molar-refractivity contribution in [1.29, 1.82) is 0 Å². The van der Waals surface area contributed by atoms with Gasteiger partial charge in [0.1, 0.15) is 5.58 Å². The SMILES string of the molecule is CC1(C)c2c(ccc3ccccc23)-c2ccc3cc(N(c4ccccc4)c4cccc5c4oc4c(-c6ccccc6)cccc45)ccc3c21. The van der Waals surface area contributed by atoms with Crippen LogP contribution in [0.1, 0.15) is 25.0 Å². The van der Waals surface area contributed by atoms with E-state index in [2.05, 4.69) is 183 Å². The maximum Gasteiger partial charge on any atom is 0.159 e. The molecule has 0 N–H and O–H groups in total. The van der Waals surface area contributed by atoms with Crippen molar-refractivity contribution in [2.24, 2.45) is 0 Å². The summed E-state index contributed by atoms with van der Waals surface area (Å²) < 4.78 is 6.90. The molecule has 0 aliphatic heterocycles. The van der Waals surface area contributed by atoms with E-state index in [4.69, 9.17) is 4.42 Å². The van der Waals surface area contributed by atoms with Crippen molar-refractivity contribution >= 4 is 60.5 Å². The Morgan fingerprint density at radius 2 is 1.04 bits per heavy atom. The molecule has 10 rings (SSSR count). The standard InChI is InChI=1S/C47H33NO/c1-47(2)43-35-18-10-9-15-31(35)23-26-38(43)39-27-24-32-29-34(25-28-36(32)44(39)47)48(33-16-7-4-8-17-33)42-22-12-21-41-40-20-11-19-37(45(40)49-46(41)42)30-13-5-3-6-14-30/h3-29H,1-2H3. The second-order valence-electron chi connectivity index (χ2n) is 13.7. The number of fused-ring (bicyclic) bond motifs is 10. The Bertz CT molecular complexity index is 2740. The van der Waals surface area contributed by atoms with Crippen LogP contribution in [0.3, 0.4) is 0 Å². The van der Waals surface area contributed by atoms with Crippen molar-refractivity contribution < 1.29 is 4.42 Å². The van der Waals surface area contributed by atoms with E-state index in [0.29, 0.717) is 0 Å². The van der Waals surface area contributed by atoms with Gasteiger partial charge in [-0.25, -0.2) is 0 Å². The Labute approximate surface area is 285 Å². The van der Waals surface area contributed by atoms with Crippen LogP contribution in [0, 0.1) is 0 Å². The number of hydrogen-bond donors (Lipinski definition) is 0. The van der Waals surface area contributed by atoms with Crippen molar-refractivity contribution in [3.63, 3.8) is 0 Å². The zero-order valence-electron chi connectivity index (χ0n) is 27.4. The summed E-state index contributed by atoms with van der Waals surface area (Å²) in [4.78, 5) is 2.34. The molecule has 0 fully saturated rings. The zero-order valence-corrected chi connectivity index (χ0v) is 27.4. The van der Waals surface area contributed by atoms with Gasteiger partial charge in [-0.2, -0.15) is 0 Å². The summed E-state index contributed by atoms with van der Waals surface area (Å²) in [5, 5.41) is 7.39. The summed E-state index contributed by atoms with van der Waals surface area (Å²) in [6.07, 6.45) is 0. The number of hydrogen-bond acceptors (Lipinski definition) is 2. The molecular weight excluding hydrogens is 595 g/mol. The summed E-state index contributed by atoms with van der Waals surface area (Å²) in [5.74, 6) is 0. The summed E-state index contributed by atoms with van der Waals surface area (Å²) in [5.41, 5.74) is 12.6. The summed E-state index contributed by atoms with van der Waals surface area (Å²) in [7, 11) is 0. The first-order chi connectivity index (χ1) is 24.1. The highest BCUT2D eigenvalue weighted by Crippen LogP contribution is 2.54. The van der Waals surface area contributed by atoms with Crippen LogP contribution in [-0.4, -0.2) is 0 Å². The molecule has 8 aromatic carbocycles. The minimum Gasteiger partial charge on any atom is -0.453 e. The average Bonchev–Trinajstić information content (AvgIpc) is 3.65. The summed E-state index contributed by atoms with van der Waals surface area (Å²) in [6, 6.07) is 59.1. The Balaban J connectivity index is 1.18. The van der Waals surface area contributed by atoms with Crippen LogP contribution in [0.25, 0.3) is 65.7 Å². The number of nitrogens with zero attached hydrogens (tertiary/aromatic N) is 1. The van der Waals surface area contributed by atoms with E-state index < -0.39 is 0 Å². The van der Waals surface area contributed by atoms with E-state index in [-0.39, 0.29) is 5.41 Å². The second kappa shape index (κ2) is 10.4.